The quantitative estimate of drug-likeness (QED) is 0.0420. The average Bonchev–Trinajstić information content (AvgIpc) is 3.35. The number of amides is 1. The van der Waals surface area contributed by atoms with Crippen molar-refractivity contribution in [2.24, 2.45) is 0 Å². The van der Waals surface area contributed by atoms with Gasteiger partial charge in [-0.25, -0.2) is 0 Å². The minimum Gasteiger partial charge on any atom is -0.394 e. The molecule has 2 atom stereocenters. The van der Waals surface area contributed by atoms with Crippen LogP contribution >= 0.6 is 0 Å². The lowest BCUT2D eigenvalue weighted by Gasteiger charge is -2.19. The van der Waals surface area contributed by atoms with Gasteiger partial charge in [0.1, 0.15) is 0 Å². The number of aliphatic hydroxyl groups excluding tert-OH is 2. The molecule has 3 N–H and O–H groups in total. The van der Waals surface area contributed by atoms with Gasteiger partial charge in [0.2, 0.25) is 5.91 Å². The minimum absolute atomic E-state index is 0.0651. The largest absolute Gasteiger partial charge is 0.394 e. The summed E-state index contributed by atoms with van der Waals surface area (Å²) in [7, 11) is 0. The van der Waals surface area contributed by atoms with Crippen molar-refractivity contribution in [3.63, 3.8) is 0 Å². The maximum atomic E-state index is 12.5. The summed E-state index contributed by atoms with van der Waals surface area (Å²) in [6, 6.07) is -0.637. The lowest BCUT2D eigenvalue weighted by Crippen LogP contribution is -2.45. The van der Waals surface area contributed by atoms with Crippen LogP contribution in [0.25, 0.3) is 0 Å². The number of hydrogen-bond acceptors (Lipinski definition) is 3. The zero-order valence-corrected chi connectivity index (χ0v) is 47.4. The fourth-order valence-corrected chi connectivity index (χ4v) is 10.3. The third-order valence-corrected chi connectivity index (χ3v) is 15.2. The number of rotatable bonds is 60. The van der Waals surface area contributed by atoms with E-state index in [1.165, 1.54) is 315 Å². The van der Waals surface area contributed by atoms with Crippen molar-refractivity contribution < 1.29 is 15.0 Å². The molecule has 0 heterocycles. The van der Waals surface area contributed by atoms with Gasteiger partial charge in [-0.2, -0.15) is 0 Å². The predicted octanol–water partition coefficient (Wildman–Crippen LogP) is 21.4. The second-order valence-corrected chi connectivity index (χ2v) is 22.2. The van der Waals surface area contributed by atoms with E-state index in [4.69, 9.17) is 0 Å². The molecule has 0 aliphatic carbocycles. The SMILES string of the molecule is CCCCCCCCCCCCCCCCCCC/C=C/CC/C=C/C(O)C(CO)NC(=O)CCCCCCCCCCCCCCCCCCCCCCCCCCCCCCCCCCCC. The van der Waals surface area contributed by atoms with Crippen molar-refractivity contribution in [3.05, 3.63) is 24.3 Å². The number of unbranched alkanes of at least 4 members (excludes halogenated alkanes) is 51. The molecular weight excluding hydrogens is 843 g/mol. The van der Waals surface area contributed by atoms with Gasteiger partial charge in [0, 0.05) is 6.42 Å². The van der Waals surface area contributed by atoms with E-state index in [1.54, 1.807) is 6.08 Å². The average molecular weight is 971 g/mol. The molecule has 2 unspecified atom stereocenters. The fraction of sp³-hybridized carbons (Fsp3) is 0.923. The molecule has 0 radical (unpaired) electrons. The number of aliphatic hydroxyl groups is 2. The summed E-state index contributed by atoms with van der Waals surface area (Å²) in [5.74, 6) is -0.0651. The first kappa shape index (κ1) is 67.9. The summed E-state index contributed by atoms with van der Waals surface area (Å²) < 4.78 is 0. The number of carbonyl (C=O) groups excluding carboxylic acids is 1. The smallest absolute Gasteiger partial charge is 0.220 e. The highest BCUT2D eigenvalue weighted by Crippen LogP contribution is 2.19. The second-order valence-electron chi connectivity index (χ2n) is 22.2. The highest BCUT2D eigenvalue weighted by Gasteiger charge is 2.18. The minimum atomic E-state index is -0.860. The molecule has 0 spiro atoms. The zero-order valence-electron chi connectivity index (χ0n) is 47.4. The normalized spacial score (nSPS) is 12.8. The van der Waals surface area contributed by atoms with Gasteiger partial charge in [-0.3, -0.25) is 4.79 Å². The van der Waals surface area contributed by atoms with Crippen LogP contribution in [-0.4, -0.2) is 34.9 Å². The molecule has 0 aromatic rings. The molecule has 0 fully saturated rings. The molecule has 69 heavy (non-hydrogen) atoms. The number of carbonyl (C=O) groups is 1. The lowest BCUT2D eigenvalue weighted by molar-refractivity contribution is -0.123. The molecule has 0 aliphatic heterocycles. The number of hydrogen-bond donors (Lipinski definition) is 3. The van der Waals surface area contributed by atoms with Gasteiger partial charge < -0.3 is 15.5 Å². The Labute approximate surface area is 434 Å². The summed E-state index contributed by atoms with van der Waals surface area (Å²) in [6.07, 6.45) is 82.5. The van der Waals surface area contributed by atoms with Crippen molar-refractivity contribution in [3.8, 4) is 0 Å². The van der Waals surface area contributed by atoms with E-state index in [9.17, 15) is 15.0 Å². The van der Waals surface area contributed by atoms with Gasteiger partial charge in [0.15, 0.2) is 0 Å². The molecule has 0 saturated carbocycles. The first-order valence-electron chi connectivity index (χ1n) is 32.1. The molecular formula is C65H127NO3. The zero-order chi connectivity index (χ0) is 49.9. The van der Waals surface area contributed by atoms with E-state index < -0.39 is 12.1 Å². The second kappa shape index (κ2) is 61.2. The Balaban J connectivity index is 3.43. The van der Waals surface area contributed by atoms with Crippen LogP contribution in [0.1, 0.15) is 367 Å². The van der Waals surface area contributed by atoms with Gasteiger partial charge in [-0.15, -0.1) is 0 Å². The first-order valence-corrected chi connectivity index (χ1v) is 32.1. The Morgan fingerprint density at radius 3 is 0.841 bits per heavy atom. The summed E-state index contributed by atoms with van der Waals surface area (Å²) in [6.45, 7) is 4.35. The Bertz CT molecular complexity index is 1010. The maximum absolute atomic E-state index is 12.5. The third kappa shape index (κ3) is 57.6. The van der Waals surface area contributed by atoms with Crippen LogP contribution in [-0.2, 0) is 4.79 Å². The lowest BCUT2D eigenvalue weighted by atomic mass is 10.0. The molecule has 410 valence electrons. The fourth-order valence-electron chi connectivity index (χ4n) is 10.3. The Kier molecular flexibility index (Phi) is 60.2. The maximum Gasteiger partial charge on any atom is 0.220 e. The van der Waals surface area contributed by atoms with Gasteiger partial charge >= 0.3 is 0 Å². The molecule has 0 saturated heterocycles. The summed E-state index contributed by atoms with van der Waals surface area (Å²) in [4.78, 5) is 12.5. The summed E-state index contributed by atoms with van der Waals surface area (Å²) >= 11 is 0. The predicted molar refractivity (Wildman–Crippen MR) is 309 cm³/mol. The molecule has 0 aromatic heterocycles. The van der Waals surface area contributed by atoms with Crippen LogP contribution in [0.3, 0.4) is 0 Å². The van der Waals surface area contributed by atoms with Crippen molar-refractivity contribution >= 4 is 5.91 Å². The van der Waals surface area contributed by atoms with Gasteiger partial charge in [0.25, 0.3) is 0 Å². The summed E-state index contributed by atoms with van der Waals surface area (Å²) in [5.41, 5.74) is 0. The topological polar surface area (TPSA) is 69.6 Å². The Hall–Kier alpha value is -1.13. The molecule has 0 aromatic carbocycles. The highest BCUT2D eigenvalue weighted by atomic mass is 16.3. The van der Waals surface area contributed by atoms with E-state index >= 15 is 0 Å². The Morgan fingerprint density at radius 2 is 0.565 bits per heavy atom. The number of allylic oxidation sites excluding steroid dienone is 3. The molecule has 1 amide bonds. The van der Waals surface area contributed by atoms with E-state index in [1.807, 2.05) is 6.08 Å². The van der Waals surface area contributed by atoms with Crippen LogP contribution in [0, 0.1) is 0 Å². The van der Waals surface area contributed by atoms with Crippen LogP contribution in [0.15, 0.2) is 24.3 Å². The first-order chi connectivity index (χ1) is 34.2. The molecule has 0 bridgehead atoms. The van der Waals surface area contributed by atoms with Crippen LogP contribution < -0.4 is 5.32 Å². The van der Waals surface area contributed by atoms with E-state index in [0.29, 0.717) is 6.42 Å². The summed E-state index contributed by atoms with van der Waals surface area (Å²) in [5, 5.41) is 23.2. The van der Waals surface area contributed by atoms with Gasteiger partial charge in [-0.1, -0.05) is 353 Å². The van der Waals surface area contributed by atoms with E-state index in [-0.39, 0.29) is 12.5 Å². The van der Waals surface area contributed by atoms with Crippen LogP contribution in [0.4, 0.5) is 0 Å². The van der Waals surface area contributed by atoms with Crippen LogP contribution in [0.5, 0.6) is 0 Å². The van der Waals surface area contributed by atoms with Crippen molar-refractivity contribution in [1.82, 2.24) is 5.32 Å². The van der Waals surface area contributed by atoms with E-state index in [0.717, 1.165) is 32.1 Å². The van der Waals surface area contributed by atoms with Crippen molar-refractivity contribution in [1.29, 1.82) is 0 Å². The number of nitrogens with one attached hydrogen (secondary N) is 1. The highest BCUT2D eigenvalue weighted by molar-refractivity contribution is 5.76. The monoisotopic (exact) mass is 970 g/mol. The third-order valence-electron chi connectivity index (χ3n) is 15.2. The van der Waals surface area contributed by atoms with Crippen LogP contribution in [0.2, 0.25) is 0 Å². The standard InChI is InChI=1S/C65H127NO3/c1-3-5-7-9-11-13-15-17-19-21-23-25-27-28-29-30-31-32-33-34-35-36-37-39-41-43-45-47-49-51-53-55-57-59-61-65(69)66-63(62-67)64(68)60-58-56-54-52-50-48-46-44-42-40-38-26-24-22-20-18-16-14-12-10-8-6-4-2/h50,52,58,60,63-64,67-68H,3-49,51,53-57,59,61-62H2,1-2H3,(H,66,69)/b52-50+,60-58+. The van der Waals surface area contributed by atoms with Crippen molar-refractivity contribution in [2.45, 2.75) is 379 Å². The Morgan fingerprint density at radius 1 is 0.333 bits per heavy atom. The molecule has 4 nitrogen and oxygen atoms in total. The van der Waals surface area contributed by atoms with Crippen molar-refractivity contribution in [2.75, 3.05) is 6.61 Å². The van der Waals surface area contributed by atoms with E-state index in [2.05, 4.69) is 31.3 Å². The molecule has 4 heteroatoms. The molecule has 0 rings (SSSR count). The molecule has 0 aliphatic rings. The van der Waals surface area contributed by atoms with Gasteiger partial charge in [0.05, 0.1) is 18.8 Å². The van der Waals surface area contributed by atoms with Gasteiger partial charge in [-0.05, 0) is 32.1 Å².